The summed E-state index contributed by atoms with van der Waals surface area (Å²) in [5.74, 6) is 0.0121. The number of aromatic nitrogens is 3. The highest BCUT2D eigenvalue weighted by Crippen LogP contribution is 2.40. The first-order chi connectivity index (χ1) is 14.8. The molecular formula is C22H21F3N4O2. The van der Waals surface area contributed by atoms with Gasteiger partial charge in [-0.2, -0.15) is 18.3 Å². The van der Waals surface area contributed by atoms with Crippen LogP contribution in [-0.4, -0.2) is 27.8 Å². The Hall–Kier alpha value is -3.36. The molecule has 0 bridgehead atoms. The number of hydrogen-bond acceptors (Lipinski definition) is 4. The smallest absolute Gasteiger partial charge is 0.435 e. The van der Waals surface area contributed by atoms with Crippen molar-refractivity contribution in [2.75, 3.05) is 12.4 Å². The number of anilines is 1. The molecule has 1 aliphatic rings. The SMILES string of the molecule is COc1cncc(NC(=O)c2cccc(-n3nc(C(F)(F)F)c4c3C(C)CCC4)c2)c1. The van der Waals surface area contributed by atoms with Crippen LogP contribution in [0.2, 0.25) is 0 Å². The summed E-state index contributed by atoms with van der Waals surface area (Å²) in [4.78, 5) is 16.7. The van der Waals surface area contributed by atoms with Crippen molar-refractivity contribution in [2.45, 2.75) is 38.3 Å². The third kappa shape index (κ3) is 4.12. The predicted octanol–water partition coefficient (Wildman–Crippen LogP) is 4.99. The van der Waals surface area contributed by atoms with Gasteiger partial charge in [0.25, 0.3) is 5.91 Å². The topological polar surface area (TPSA) is 69.0 Å². The summed E-state index contributed by atoms with van der Waals surface area (Å²) in [6.45, 7) is 1.91. The second-order valence-electron chi connectivity index (χ2n) is 7.53. The number of hydrogen-bond donors (Lipinski definition) is 1. The fraction of sp³-hybridized carbons (Fsp3) is 0.318. The number of ether oxygens (including phenoxy) is 1. The number of carbonyl (C=O) groups is 1. The van der Waals surface area contributed by atoms with Crippen LogP contribution in [0.25, 0.3) is 5.69 Å². The number of carbonyl (C=O) groups excluding carboxylic acids is 1. The van der Waals surface area contributed by atoms with Gasteiger partial charge < -0.3 is 10.1 Å². The number of nitrogens with one attached hydrogen (secondary N) is 1. The maximum atomic E-state index is 13.6. The maximum absolute atomic E-state index is 13.6. The molecule has 2 aromatic heterocycles. The first kappa shape index (κ1) is 20.9. The lowest BCUT2D eigenvalue weighted by atomic mass is 9.87. The fourth-order valence-electron chi connectivity index (χ4n) is 3.94. The lowest BCUT2D eigenvalue weighted by Gasteiger charge is -2.21. The number of fused-ring (bicyclic) bond motifs is 1. The summed E-state index contributed by atoms with van der Waals surface area (Å²) in [5, 5.41) is 6.65. The quantitative estimate of drug-likeness (QED) is 0.633. The van der Waals surface area contributed by atoms with Crippen LogP contribution in [0.15, 0.2) is 42.7 Å². The molecule has 0 saturated carbocycles. The number of alkyl halides is 3. The van der Waals surface area contributed by atoms with Crippen molar-refractivity contribution in [3.05, 3.63) is 65.2 Å². The molecule has 0 saturated heterocycles. The molecule has 31 heavy (non-hydrogen) atoms. The van der Waals surface area contributed by atoms with Crippen LogP contribution in [0, 0.1) is 0 Å². The first-order valence-electron chi connectivity index (χ1n) is 9.87. The molecule has 4 rings (SSSR count). The van der Waals surface area contributed by atoms with Gasteiger partial charge in [0, 0.05) is 17.2 Å². The van der Waals surface area contributed by atoms with Gasteiger partial charge in [0.05, 0.1) is 36.6 Å². The van der Waals surface area contributed by atoms with Gasteiger partial charge in [0.15, 0.2) is 5.69 Å². The van der Waals surface area contributed by atoms with E-state index >= 15 is 0 Å². The first-order valence-corrected chi connectivity index (χ1v) is 9.87. The van der Waals surface area contributed by atoms with Crippen molar-refractivity contribution in [2.24, 2.45) is 0 Å². The molecule has 0 aliphatic heterocycles. The zero-order valence-corrected chi connectivity index (χ0v) is 17.0. The molecule has 1 N–H and O–H groups in total. The Morgan fingerprint density at radius 3 is 2.81 bits per heavy atom. The Morgan fingerprint density at radius 2 is 2.06 bits per heavy atom. The molecule has 3 aromatic rings. The summed E-state index contributed by atoms with van der Waals surface area (Å²) < 4.78 is 47.2. The number of rotatable bonds is 4. The summed E-state index contributed by atoms with van der Waals surface area (Å²) in [7, 11) is 1.49. The van der Waals surface area contributed by atoms with Crippen LogP contribution < -0.4 is 10.1 Å². The molecule has 1 aromatic carbocycles. The Kier molecular flexibility index (Phi) is 5.43. The van der Waals surface area contributed by atoms with Crippen LogP contribution >= 0.6 is 0 Å². The molecule has 9 heteroatoms. The Bertz CT molecular complexity index is 1120. The predicted molar refractivity (Wildman–Crippen MR) is 109 cm³/mol. The van der Waals surface area contributed by atoms with Crippen LogP contribution in [0.3, 0.4) is 0 Å². The third-order valence-electron chi connectivity index (χ3n) is 5.38. The maximum Gasteiger partial charge on any atom is 0.435 e. The van der Waals surface area contributed by atoms with E-state index in [9.17, 15) is 18.0 Å². The Labute approximate surface area is 177 Å². The highest BCUT2D eigenvalue weighted by Gasteiger charge is 2.41. The van der Waals surface area contributed by atoms with E-state index in [1.165, 1.54) is 30.3 Å². The average molecular weight is 430 g/mol. The highest BCUT2D eigenvalue weighted by molar-refractivity contribution is 6.04. The summed E-state index contributed by atoms with van der Waals surface area (Å²) in [6, 6.07) is 8.03. The molecule has 1 atom stereocenters. The monoisotopic (exact) mass is 430 g/mol. The zero-order valence-electron chi connectivity index (χ0n) is 17.0. The number of pyridine rings is 1. The molecule has 1 amide bonds. The molecule has 6 nitrogen and oxygen atoms in total. The molecule has 162 valence electrons. The van der Waals surface area contributed by atoms with Gasteiger partial charge in [0.1, 0.15) is 5.75 Å². The number of halogens is 3. The van der Waals surface area contributed by atoms with Gasteiger partial charge in [0.2, 0.25) is 0 Å². The van der Waals surface area contributed by atoms with Crippen molar-refractivity contribution in [1.82, 2.24) is 14.8 Å². The number of methoxy groups -OCH3 is 1. The lowest BCUT2D eigenvalue weighted by Crippen LogP contribution is -2.14. The van der Waals surface area contributed by atoms with E-state index in [-0.39, 0.29) is 11.5 Å². The lowest BCUT2D eigenvalue weighted by molar-refractivity contribution is -0.142. The van der Waals surface area contributed by atoms with Gasteiger partial charge in [-0.25, -0.2) is 4.68 Å². The summed E-state index contributed by atoms with van der Waals surface area (Å²) >= 11 is 0. The number of nitrogens with zero attached hydrogens (tertiary/aromatic N) is 3. The highest BCUT2D eigenvalue weighted by atomic mass is 19.4. The third-order valence-corrected chi connectivity index (χ3v) is 5.38. The van der Waals surface area contributed by atoms with E-state index in [0.29, 0.717) is 41.2 Å². The minimum absolute atomic E-state index is 0.0623. The van der Waals surface area contributed by atoms with Gasteiger partial charge >= 0.3 is 6.18 Å². The van der Waals surface area contributed by atoms with Crippen molar-refractivity contribution in [3.8, 4) is 11.4 Å². The van der Waals surface area contributed by atoms with Gasteiger partial charge in [-0.15, -0.1) is 0 Å². The molecule has 1 aliphatic carbocycles. The Morgan fingerprint density at radius 1 is 1.26 bits per heavy atom. The van der Waals surface area contributed by atoms with E-state index < -0.39 is 17.8 Å². The molecule has 0 spiro atoms. The minimum Gasteiger partial charge on any atom is -0.495 e. The molecular weight excluding hydrogens is 409 g/mol. The van der Waals surface area contributed by atoms with Crippen LogP contribution in [-0.2, 0) is 12.6 Å². The summed E-state index contributed by atoms with van der Waals surface area (Å²) in [6.07, 6.45) is 0.291. The minimum atomic E-state index is -4.53. The van der Waals surface area contributed by atoms with Gasteiger partial charge in [-0.3, -0.25) is 9.78 Å². The van der Waals surface area contributed by atoms with Crippen molar-refractivity contribution in [3.63, 3.8) is 0 Å². The van der Waals surface area contributed by atoms with E-state index in [4.69, 9.17) is 4.74 Å². The molecule has 0 fully saturated rings. The van der Waals surface area contributed by atoms with Crippen molar-refractivity contribution in [1.29, 1.82) is 0 Å². The molecule has 0 radical (unpaired) electrons. The van der Waals surface area contributed by atoms with E-state index in [0.717, 1.165) is 6.42 Å². The van der Waals surface area contributed by atoms with Crippen molar-refractivity contribution < 1.29 is 22.7 Å². The average Bonchev–Trinajstić information content (AvgIpc) is 3.15. The van der Waals surface area contributed by atoms with Crippen LogP contribution in [0.1, 0.15) is 53.0 Å². The largest absolute Gasteiger partial charge is 0.495 e. The standard InChI is InChI=1S/C22H21F3N4O2/c1-13-5-3-8-18-19(13)29(28-20(18)22(23,24)25)16-7-4-6-14(9-16)21(30)27-15-10-17(31-2)12-26-11-15/h4,6-7,9-13H,3,5,8H2,1-2H3,(H,27,30). The van der Waals surface area contributed by atoms with Crippen molar-refractivity contribution >= 4 is 11.6 Å². The Balaban J connectivity index is 1.70. The van der Waals surface area contributed by atoms with Crippen LogP contribution in [0.5, 0.6) is 5.75 Å². The second kappa shape index (κ2) is 8.05. The zero-order chi connectivity index (χ0) is 22.2. The van der Waals surface area contributed by atoms with Crippen LogP contribution in [0.4, 0.5) is 18.9 Å². The van der Waals surface area contributed by atoms with Gasteiger partial charge in [-0.1, -0.05) is 13.0 Å². The molecule has 2 heterocycles. The van der Waals surface area contributed by atoms with E-state index in [1.807, 2.05) is 6.92 Å². The number of amides is 1. The van der Waals surface area contributed by atoms with E-state index in [1.54, 1.807) is 24.3 Å². The van der Waals surface area contributed by atoms with E-state index in [2.05, 4.69) is 15.4 Å². The fourth-order valence-corrected chi connectivity index (χ4v) is 3.94. The molecule has 1 unspecified atom stereocenters. The van der Waals surface area contributed by atoms with Gasteiger partial charge in [-0.05, 0) is 43.4 Å². The number of benzene rings is 1. The summed E-state index contributed by atoms with van der Waals surface area (Å²) in [5.41, 5.74) is 1.13. The second-order valence-corrected chi connectivity index (χ2v) is 7.53. The normalized spacial score (nSPS) is 16.0.